The van der Waals surface area contributed by atoms with Gasteiger partial charge in [-0.15, -0.1) is 0 Å². The van der Waals surface area contributed by atoms with Gasteiger partial charge >= 0.3 is 0 Å². The van der Waals surface area contributed by atoms with Crippen LogP contribution in [-0.2, 0) is 9.59 Å². The van der Waals surface area contributed by atoms with Gasteiger partial charge in [0.2, 0.25) is 5.91 Å². The molecule has 1 aliphatic rings. The van der Waals surface area contributed by atoms with Gasteiger partial charge in [-0.25, -0.2) is 9.97 Å². The van der Waals surface area contributed by atoms with Crippen LogP contribution in [0.15, 0.2) is 42.7 Å². The van der Waals surface area contributed by atoms with Crippen LogP contribution in [0.4, 0.5) is 5.82 Å². The lowest BCUT2D eigenvalue weighted by molar-refractivity contribution is -0.313. The number of carboxylic acid groups (broad SMARTS) is 1. The number of rotatable bonds is 4. The largest absolute Gasteiger partial charge is 0.550 e. The average molecular weight is 311 g/mol. The summed E-state index contributed by atoms with van der Waals surface area (Å²) in [7, 11) is 0. The monoisotopic (exact) mass is 311 g/mol. The Balaban J connectivity index is 1.73. The van der Waals surface area contributed by atoms with Crippen molar-refractivity contribution in [2.75, 3.05) is 5.43 Å². The van der Waals surface area contributed by atoms with Gasteiger partial charge in [-0.2, -0.15) is 0 Å². The Morgan fingerprint density at radius 1 is 1.09 bits per heavy atom. The van der Waals surface area contributed by atoms with E-state index >= 15 is 0 Å². The minimum Gasteiger partial charge on any atom is -0.550 e. The van der Waals surface area contributed by atoms with Gasteiger partial charge in [-0.1, -0.05) is 24.3 Å². The van der Waals surface area contributed by atoms with Gasteiger partial charge in [0, 0.05) is 17.3 Å². The van der Waals surface area contributed by atoms with E-state index in [1.807, 2.05) is 30.3 Å². The summed E-state index contributed by atoms with van der Waals surface area (Å²) in [5.41, 5.74) is 6.04. The van der Waals surface area contributed by atoms with Crippen molar-refractivity contribution < 1.29 is 14.7 Å². The second-order valence-electron chi connectivity index (χ2n) is 5.33. The summed E-state index contributed by atoms with van der Waals surface area (Å²) < 4.78 is 0. The minimum atomic E-state index is -1.21. The van der Waals surface area contributed by atoms with Crippen LogP contribution in [0.3, 0.4) is 0 Å². The fraction of sp³-hybridized carbons (Fsp3) is 0.250. The number of carbonyl (C=O) groups is 2. The molecule has 0 saturated carbocycles. The molecular weight excluding hydrogens is 296 g/mol. The molecule has 0 saturated heterocycles. The highest BCUT2D eigenvalue weighted by molar-refractivity contribution is 5.90. The highest BCUT2D eigenvalue weighted by Gasteiger charge is 2.29. The molecule has 0 aliphatic heterocycles. The number of carboxylic acids is 1. The van der Waals surface area contributed by atoms with Crippen LogP contribution in [-0.4, -0.2) is 21.8 Å². The van der Waals surface area contributed by atoms with E-state index in [1.165, 1.54) is 6.33 Å². The van der Waals surface area contributed by atoms with Gasteiger partial charge in [0.25, 0.3) is 0 Å². The van der Waals surface area contributed by atoms with Gasteiger partial charge < -0.3 is 9.90 Å². The number of carbonyl (C=O) groups excluding carboxylic acids is 2. The van der Waals surface area contributed by atoms with Crippen molar-refractivity contribution in [3.63, 3.8) is 0 Å². The molecular formula is C16H15N4O3-. The summed E-state index contributed by atoms with van der Waals surface area (Å²) in [5.74, 6) is -2.62. The SMILES string of the molecule is O=C(NNc1ncnc2ccccc12)[C@H]1CC=CC[C@H]1C(=O)[O-]. The van der Waals surface area contributed by atoms with Crippen molar-refractivity contribution in [3.8, 4) is 0 Å². The number of nitrogens with zero attached hydrogens (tertiary/aromatic N) is 2. The van der Waals surface area contributed by atoms with Crippen LogP contribution in [0.5, 0.6) is 0 Å². The summed E-state index contributed by atoms with van der Waals surface area (Å²) in [6.07, 6.45) is 5.64. The zero-order valence-corrected chi connectivity index (χ0v) is 12.2. The first-order valence-electron chi connectivity index (χ1n) is 7.28. The number of hydrogen-bond acceptors (Lipinski definition) is 6. The lowest BCUT2D eigenvalue weighted by Gasteiger charge is -2.28. The van der Waals surface area contributed by atoms with E-state index in [0.717, 1.165) is 10.9 Å². The molecule has 3 rings (SSSR count). The molecule has 7 nitrogen and oxygen atoms in total. The molecule has 0 fully saturated rings. The molecule has 1 heterocycles. The van der Waals surface area contributed by atoms with Crippen LogP contribution in [0.25, 0.3) is 10.9 Å². The Hall–Kier alpha value is -2.96. The summed E-state index contributed by atoms with van der Waals surface area (Å²) >= 11 is 0. The van der Waals surface area contributed by atoms with Crippen molar-refractivity contribution in [2.45, 2.75) is 12.8 Å². The van der Waals surface area contributed by atoms with E-state index in [4.69, 9.17) is 0 Å². The summed E-state index contributed by atoms with van der Waals surface area (Å²) in [4.78, 5) is 31.7. The molecule has 1 aromatic carbocycles. The number of aliphatic carboxylic acids is 1. The number of hydrogen-bond donors (Lipinski definition) is 2. The number of amides is 1. The smallest absolute Gasteiger partial charge is 0.242 e. The number of anilines is 1. The predicted octanol–water partition coefficient (Wildman–Crippen LogP) is 0.405. The van der Waals surface area contributed by atoms with E-state index in [9.17, 15) is 14.7 Å². The third kappa shape index (κ3) is 3.13. The Morgan fingerprint density at radius 3 is 2.61 bits per heavy atom. The molecule has 1 aromatic heterocycles. The van der Waals surface area contributed by atoms with Crippen molar-refractivity contribution in [1.29, 1.82) is 0 Å². The molecule has 2 atom stereocenters. The van der Waals surface area contributed by atoms with Crippen LogP contribution >= 0.6 is 0 Å². The quantitative estimate of drug-likeness (QED) is 0.625. The molecule has 23 heavy (non-hydrogen) atoms. The maximum Gasteiger partial charge on any atom is 0.242 e. The minimum absolute atomic E-state index is 0.302. The Bertz CT molecular complexity index is 770. The molecule has 0 spiro atoms. The fourth-order valence-electron chi connectivity index (χ4n) is 2.68. The molecule has 0 bridgehead atoms. The van der Waals surface area contributed by atoms with Gasteiger partial charge in [0.1, 0.15) is 6.33 Å². The van der Waals surface area contributed by atoms with Gasteiger partial charge in [0.15, 0.2) is 5.82 Å². The van der Waals surface area contributed by atoms with Gasteiger partial charge in [0.05, 0.1) is 11.4 Å². The Morgan fingerprint density at radius 2 is 1.83 bits per heavy atom. The number of nitrogens with one attached hydrogen (secondary N) is 2. The Kier molecular flexibility index (Phi) is 4.18. The van der Waals surface area contributed by atoms with Gasteiger partial charge in [-0.3, -0.25) is 15.6 Å². The van der Waals surface area contributed by atoms with Crippen molar-refractivity contribution >= 4 is 28.6 Å². The van der Waals surface area contributed by atoms with Crippen LogP contribution < -0.4 is 16.0 Å². The second-order valence-corrected chi connectivity index (χ2v) is 5.33. The number of benzene rings is 1. The first-order valence-corrected chi connectivity index (χ1v) is 7.28. The van der Waals surface area contributed by atoms with E-state index in [-0.39, 0.29) is 0 Å². The highest BCUT2D eigenvalue weighted by Crippen LogP contribution is 2.25. The molecule has 2 aromatic rings. The molecule has 0 unspecified atom stereocenters. The van der Waals surface area contributed by atoms with Crippen LogP contribution in [0.2, 0.25) is 0 Å². The van der Waals surface area contributed by atoms with Crippen molar-refractivity contribution in [3.05, 3.63) is 42.7 Å². The number of aromatic nitrogens is 2. The average Bonchev–Trinajstić information content (AvgIpc) is 2.59. The summed E-state index contributed by atoms with van der Waals surface area (Å²) in [6.45, 7) is 0. The molecule has 1 amide bonds. The first-order chi connectivity index (χ1) is 11.2. The lowest BCUT2D eigenvalue weighted by atomic mass is 9.82. The molecule has 0 radical (unpaired) electrons. The molecule has 1 aliphatic carbocycles. The van der Waals surface area contributed by atoms with E-state index in [0.29, 0.717) is 18.7 Å². The van der Waals surface area contributed by atoms with Gasteiger partial charge in [-0.05, 0) is 25.0 Å². The van der Waals surface area contributed by atoms with E-state index < -0.39 is 23.7 Å². The molecule has 2 N–H and O–H groups in total. The van der Waals surface area contributed by atoms with Crippen molar-refractivity contribution in [1.82, 2.24) is 15.4 Å². The number of allylic oxidation sites excluding steroid dienone is 2. The third-order valence-corrected chi connectivity index (χ3v) is 3.92. The topological polar surface area (TPSA) is 107 Å². The highest BCUT2D eigenvalue weighted by atomic mass is 16.4. The zero-order chi connectivity index (χ0) is 16.2. The lowest BCUT2D eigenvalue weighted by Crippen LogP contribution is -2.45. The molecule has 118 valence electrons. The zero-order valence-electron chi connectivity index (χ0n) is 12.2. The summed E-state index contributed by atoms with van der Waals surface area (Å²) in [6, 6.07) is 7.37. The van der Waals surface area contributed by atoms with Crippen molar-refractivity contribution in [2.24, 2.45) is 11.8 Å². The third-order valence-electron chi connectivity index (χ3n) is 3.92. The summed E-state index contributed by atoms with van der Waals surface area (Å²) in [5, 5.41) is 11.9. The number of para-hydroxylation sites is 1. The Labute approximate surface area is 132 Å². The van der Waals surface area contributed by atoms with Crippen LogP contribution in [0, 0.1) is 11.8 Å². The fourth-order valence-corrected chi connectivity index (χ4v) is 2.68. The predicted molar refractivity (Wildman–Crippen MR) is 81.7 cm³/mol. The van der Waals surface area contributed by atoms with Crippen LogP contribution in [0.1, 0.15) is 12.8 Å². The maximum absolute atomic E-state index is 12.3. The van der Waals surface area contributed by atoms with E-state index in [1.54, 1.807) is 6.08 Å². The number of hydrazine groups is 1. The number of fused-ring (bicyclic) bond motifs is 1. The van der Waals surface area contributed by atoms with E-state index in [2.05, 4.69) is 20.8 Å². The second kappa shape index (κ2) is 6.43. The molecule has 7 heteroatoms. The first kappa shape index (κ1) is 15.0. The maximum atomic E-state index is 12.3. The standard InChI is InChI=1S/C16H16N4O3/c21-15(10-5-1-2-6-11(10)16(22)23)20-19-14-12-7-3-4-8-13(12)17-9-18-14/h1-4,7-11H,5-6H2,(H,20,21)(H,22,23)(H,17,18,19)/p-1/t10-,11+/m0/s1. The normalized spacial score (nSPS) is 20.2.